The number of amides is 3. The minimum atomic E-state index is -0.568. The lowest BCUT2D eigenvalue weighted by molar-refractivity contribution is 0.0998. The molecule has 0 saturated heterocycles. The molecule has 0 bridgehead atoms. The molecule has 0 aliphatic rings. The summed E-state index contributed by atoms with van der Waals surface area (Å²) in [6, 6.07) is -0.393. The van der Waals surface area contributed by atoms with Crippen molar-refractivity contribution >= 4 is 40.2 Å². The first-order chi connectivity index (χ1) is 9.60. The van der Waals surface area contributed by atoms with E-state index < -0.39 is 11.9 Å². The van der Waals surface area contributed by atoms with Gasteiger partial charge in [0.25, 0.3) is 5.91 Å². The molecule has 3 amide bonds. The van der Waals surface area contributed by atoms with Gasteiger partial charge in [-0.05, 0) is 23.7 Å². The molecule has 1 aromatic rings. The summed E-state index contributed by atoms with van der Waals surface area (Å²) < 4.78 is 4.20. The van der Waals surface area contributed by atoms with Gasteiger partial charge in [-0.1, -0.05) is 26.2 Å². The standard InChI is InChI=1S/C12H20N4O2S2/c1-3-4-5-6-7-19-11-8(9(13)17)10(20-16-11)15-12(18)14-2/h3-7H2,1-2H3,(H2,13,17)(H2,14,15,18). The maximum absolute atomic E-state index is 11.5. The third-order valence-corrected chi connectivity index (χ3v) is 4.54. The lowest BCUT2D eigenvalue weighted by Gasteiger charge is -2.04. The van der Waals surface area contributed by atoms with Gasteiger partial charge in [-0.15, -0.1) is 11.8 Å². The molecule has 0 unspecified atom stereocenters. The Bertz CT molecular complexity index is 462. The molecule has 1 heterocycles. The van der Waals surface area contributed by atoms with E-state index in [9.17, 15) is 9.59 Å². The van der Waals surface area contributed by atoms with Crippen LogP contribution in [0.25, 0.3) is 0 Å². The number of carbonyl (C=O) groups excluding carboxylic acids is 2. The summed E-state index contributed by atoms with van der Waals surface area (Å²) in [4.78, 5) is 22.8. The van der Waals surface area contributed by atoms with Gasteiger partial charge >= 0.3 is 6.03 Å². The summed E-state index contributed by atoms with van der Waals surface area (Å²) in [5.74, 6) is 0.324. The van der Waals surface area contributed by atoms with Crippen molar-refractivity contribution in [1.29, 1.82) is 0 Å². The number of primary amides is 1. The molecular weight excluding hydrogens is 296 g/mol. The molecule has 4 N–H and O–H groups in total. The van der Waals surface area contributed by atoms with Gasteiger partial charge in [0, 0.05) is 7.05 Å². The second-order valence-electron chi connectivity index (χ2n) is 4.17. The predicted octanol–water partition coefficient (Wildman–Crippen LogP) is 2.67. The number of hydrogen-bond donors (Lipinski definition) is 3. The van der Waals surface area contributed by atoms with Crippen molar-refractivity contribution in [3.63, 3.8) is 0 Å². The fourth-order valence-corrected chi connectivity index (χ4v) is 3.51. The van der Waals surface area contributed by atoms with Gasteiger partial charge in [0.15, 0.2) is 0 Å². The van der Waals surface area contributed by atoms with E-state index in [-0.39, 0.29) is 0 Å². The van der Waals surface area contributed by atoms with E-state index in [0.717, 1.165) is 23.7 Å². The van der Waals surface area contributed by atoms with Crippen LogP contribution in [0.15, 0.2) is 5.03 Å². The third kappa shape index (κ3) is 5.01. The van der Waals surface area contributed by atoms with E-state index in [1.807, 2.05) is 0 Å². The molecule has 0 aliphatic heterocycles. The van der Waals surface area contributed by atoms with Crippen LogP contribution in [0.4, 0.5) is 9.80 Å². The Morgan fingerprint density at radius 1 is 1.35 bits per heavy atom. The van der Waals surface area contributed by atoms with E-state index in [2.05, 4.69) is 21.9 Å². The van der Waals surface area contributed by atoms with Crippen molar-refractivity contribution in [3.8, 4) is 0 Å². The average Bonchev–Trinajstić information content (AvgIpc) is 2.81. The maximum Gasteiger partial charge on any atom is 0.319 e. The average molecular weight is 316 g/mol. The van der Waals surface area contributed by atoms with Crippen LogP contribution in [0.3, 0.4) is 0 Å². The quantitative estimate of drug-likeness (QED) is 0.507. The van der Waals surface area contributed by atoms with Crippen molar-refractivity contribution in [1.82, 2.24) is 9.69 Å². The molecular formula is C12H20N4O2S2. The number of urea groups is 1. The lowest BCUT2D eigenvalue weighted by atomic mass is 10.2. The first-order valence-electron chi connectivity index (χ1n) is 6.51. The fraction of sp³-hybridized carbons (Fsp3) is 0.583. The predicted molar refractivity (Wildman–Crippen MR) is 83.6 cm³/mol. The van der Waals surface area contributed by atoms with Gasteiger partial charge in [0.2, 0.25) is 0 Å². The second kappa shape index (κ2) is 8.80. The van der Waals surface area contributed by atoms with E-state index >= 15 is 0 Å². The lowest BCUT2D eigenvalue weighted by Crippen LogP contribution is -2.25. The Hall–Kier alpha value is -1.28. The highest BCUT2D eigenvalue weighted by Crippen LogP contribution is 2.32. The first-order valence-corrected chi connectivity index (χ1v) is 8.27. The van der Waals surface area contributed by atoms with Gasteiger partial charge in [-0.25, -0.2) is 4.79 Å². The zero-order valence-corrected chi connectivity index (χ0v) is 13.3. The molecule has 0 aliphatic carbocycles. The van der Waals surface area contributed by atoms with E-state index in [0.29, 0.717) is 15.6 Å². The van der Waals surface area contributed by atoms with Crippen molar-refractivity contribution < 1.29 is 9.59 Å². The second-order valence-corrected chi connectivity index (χ2v) is 6.03. The number of carbonyl (C=O) groups is 2. The highest BCUT2D eigenvalue weighted by Gasteiger charge is 2.20. The molecule has 0 fully saturated rings. The van der Waals surface area contributed by atoms with E-state index in [4.69, 9.17) is 5.73 Å². The highest BCUT2D eigenvalue weighted by molar-refractivity contribution is 7.99. The maximum atomic E-state index is 11.5. The summed E-state index contributed by atoms with van der Waals surface area (Å²) in [7, 11) is 1.50. The largest absolute Gasteiger partial charge is 0.365 e. The molecule has 20 heavy (non-hydrogen) atoms. The minimum absolute atomic E-state index is 0.305. The molecule has 0 aromatic carbocycles. The number of nitrogens with two attached hydrogens (primary N) is 1. The van der Waals surface area contributed by atoms with E-state index in [1.54, 1.807) is 0 Å². The van der Waals surface area contributed by atoms with Gasteiger partial charge in [-0.2, -0.15) is 4.37 Å². The first kappa shape index (κ1) is 16.8. The van der Waals surface area contributed by atoms with Gasteiger partial charge in [0.1, 0.15) is 15.6 Å². The molecule has 6 nitrogen and oxygen atoms in total. The molecule has 0 spiro atoms. The normalized spacial score (nSPS) is 10.3. The molecule has 112 valence electrons. The van der Waals surface area contributed by atoms with Crippen LogP contribution < -0.4 is 16.4 Å². The summed E-state index contributed by atoms with van der Waals surface area (Å²) in [5.41, 5.74) is 5.68. The molecule has 1 rings (SSSR count). The SMILES string of the molecule is CCCCCCSc1nsc(NC(=O)NC)c1C(N)=O. The number of rotatable bonds is 8. The Morgan fingerprint density at radius 2 is 2.10 bits per heavy atom. The molecule has 8 heteroatoms. The number of aromatic nitrogens is 1. The monoisotopic (exact) mass is 316 g/mol. The minimum Gasteiger partial charge on any atom is -0.365 e. The third-order valence-electron chi connectivity index (χ3n) is 2.60. The van der Waals surface area contributed by atoms with Crippen molar-refractivity contribution in [3.05, 3.63) is 5.56 Å². The summed E-state index contributed by atoms with van der Waals surface area (Å²) in [6.45, 7) is 2.16. The number of hydrogen-bond acceptors (Lipinski definition) is 5. The number of thioether (sulfide) groups is 1. The van der Waals surface area contributed by atoms with Gasteiger partial charge in [-0.3, -0.25) is 10.1 Å². The number of nitrogens with one attached hydrogen (secondary N) is 2. The fourth-order valence-electron chi connectivity index (χ4n) is 1.54. The zero-order valence-electron chi connectivity index (χ0n) is 11.7. The Morgan fingerprint density at radius 3 is 2.70 bits per heavy atom. The summed E-state index contributed by atoms with van der Waals surface area (Å²) in [6.07, 6.45) is 4.65. The van der Waals surface area contributed by atoms with Crippen molar-refractivity contribution in [2.24, 2.45) is 5.73 Å². The molecule has 0 radical (unpaired) electrons. The Labute approximate surface area is 127 Å². The van der Waals surface area contributed by atoms with Gasteiger partial charge < -0.3 is 11.1 Å². The molecule has 0 atom stereocenters. The summed E-state index contributed by atoms with van der Waals surface area (Å²) >= 11 is 2.58. The Balaban J connectivity index is 2.66. The van der Waals surface area contributed by atoms with Crippen molar-refractivity contribution in [2.45, 2.75) is 37.6 Å². The van der Waals surface area contributed by atoms with Crippen LogP contribution in [-0.4, -0.2) is 29.1 Å². The van der Waals surface area contributed by atoms with Crippen LogP contribution in [0.2, 0.25) is 0 Å². The number of nitrogens with zero attached hydrogens (tertiary/aromatic N) is 1. The van der Waals surface area contributed by atoms with Crippen LogP contribution >= 0.6 is 23.3 Å². The van der Waals surface area contributed by atoms with Crippen LogP contribution in [0.5, 0.6) is 0 Å². The van der Waals surface area contributed by atoms with Crippen molar-refractivity contribution in [2.75, 3.05) is 18.1 Å². The number of unbranched alkanes of at least 4 members (excludes halogenated alkanes) is 3. The zero-order chi connectivity index (χ0) is 15.0. The topological polar surface area (TPSA) is 97.1 Å². The van der Waals surface area contributed by atoms with Crippen LogP contribution in [-0.2, 0) is 0 Å². The molecule has 1 aromatic heterocycles. The smallest absolute Gasteiger partial charge is 0.319 e. The Kier molecular flexibility index (Phi) is 7.38. The highest BCUT2D eigenvalue weighted by atomic mass is 32.2. The van der Waals surface area contributed by atoms with Crippen LogP contribution in [0.1, 0.15) is 43.0 Å². The molecule has 0 saturated carbocycles. The van der Waals surface area contributed by atoms with Crippen LogP contribution in [0, 0.1) is 0 Å². The number of anilines is 1. The van der Waals surface area contributed by atoms with Gasteiger partial charge in [0.05, 0.1) is 0 Å². The van der Waals surface area contributed by atoms with E-state index in [1.165, 1.54) is 38.1 Å². The summed E-state index contributed by atoms with van der Waals surface area (Å²) in [5, 5.41) is 5.99.